The summed E-state index contributed by atoms with van der Waals surface area (Å²) in [6.07, 6.45) is 3.03. The highest BCUT2D eigenvalue weighted by atomic mass is 16.2. The predicted octanol–water partition coefficient (Wildman–Crippen LogP) is 3.32. The number of fused-ring (bicyclic) bond motifs is 1. The number of hydrogen-bond donors (Lipinski definition) is 2. The Morgan fingerprint density at radius 2 is 1.53 bits per heavy atom. The van der Waals surface area contributed by atoms with E-state index in [1.807, 2.05) is 51.1 Å². The van der Waals surface area contributed by atoms with Crippen LogP contribution < -0.4 is 10.6 Å². The van der Waals surface area contributed by atoms with Gasteiger partial charge in [-0.25, -0.2) is 9.67 Å². The molecule has 0 unspecified atom stereocenters. The lowest BCUT2D eigenvalue weighted by Gasteiger charge is -2.10. The maximum absolute atomic E-state index is 13.5. The molecule has 0 saturated heterocycles. The van der Waals surface area contributed by atoms with Gasteiger partial charge >= 0.3 is 0 Å². The van der Waals surface area contributed by atoms with Crippen molar-refractivity contribution in [1.29, 1.82) is 0 Å². The fraction of sp³-hybridized carbons (Fsp3) is 0.200. The zero-order valence-corrected chi connectivity index (χ0v) is 20.6. The third-order valence-corrected chi connectivity index (χ3v) is 6.07. The molecule has 182 valence electrons. The molecule has 0 radical (unpaired) electrons. The van der Waals surface area contributed by atoms with Crippen molar-refractivity contribution in [3.63, 3.8) is 0 Å². The molecule has 0 aliphatic carbocycles. The quantitative estimate of drug-likeness (QED) is 0.395. The van der Waals surface area contributed by atoms with Gasteiger partial charge in [0.2, 0.25) is 0 Å². The molecular weight excluding hydrogens is 458 g/mol. The van der Waals surface area contributed by atoms with Crippen LogP contribution in [0.2, 0.25) is 0 Å². The van der Waals surface area contributed by atoms with Crippen LogP contribution in [0.15, 0.2) is 48.8 Å². The number of pyridine rings is 1. The van der Waals surface area contributed by atoms with Crippen molar-refractivity contribution in [3.05, 3.63) is 77.1 Å². The number of amides is 2. The molecule has 4 aromatic heterocycles. The summed E-state index contributed by atoms with van der Waals surface area (Å²) < 4.78 is 4.81. The van der Waals surface area contributed by atoms with E-state index in [-0.39, 0.29) is 17.3 Å². The van der Waals surface area contributed by atoms with Crippen LogP contribution in [-0.4, -0.2) is 46.1 Å². The molecule has 11 heteroatoms. The van der Waals surface area contributed by atoms with E-state index in [9.17, 15) is 9.59 Å². The summed E-state index contributed by atoms with van der Waals surface area (Å²) in [6, 6.07) is 11.3. The van der Waals surface area contributed by atoms with Crippen LogP contribution in [0.5, 0.6) is 0 Å². The molecule has 0 saturated carbocycles. The van der Waals surface area contributed by atoms with E-state index < -0.39 is 5.91 Å². The molecule has 11 nitrogen and oxygen atoms in total. The van der Waals surface area contributed by atoms with Gasteiger partial charge in [-0.05, 0) is 39.0 Å². The number of anilines is 2. The molecule has 36 heavy (non-hydrogen) atoms. The largest absolute Gasteiger partial charge is 0.319 e. The summed E-state index contributed by atoms with van der Waals surface area (Å²) in [7, 11) is 3.43. The van der Waals surface area contributed by atoms with Gasteiger partial charge in [-0.15, -0.1) is 0 Å². The molecule has 2 N–H and O–H groups in total. The second-order valence-electron chi connectivity index (χ2n) is 8.55. The second kappa shape index (κ2) is 8.77. The molecule has 2 amide bonds. The van der Waals surface area contributed by atoms with Crippen molar-refractivity contribution in [2.75, 3.05) is 10.6 Å². The summed E-state index contributed by atoms with van der Waals surface area (Å²) in [5.41, 5.74) is 5.06. The summed E-state index contributed by atoms with van der Waals surface area (Å²) in [6.45, 7) is 5.52. The maximum Gasteiger partial charge on any atom is 0.276 e. The molecular formula is C25H25N9O2. The van der Waals surface area contributed by atoms with E-state index in [0.29, 0.717) is 33.7 Å². The van der Waals surface area contributed by atoms with E-state index in [2.05, 4.69) is 30.9 Å². The first-order valence-corrected chi connectivity index (χ1v) is 11.3. The minimum Gasteiger partial charge on any atom is -0.319 e. The first-order chi connectivity index (χ1) is 17.2. The predicted molar refractivity (Wildman–Crippen MR) is 135 cm³/mol. The molecule has 1 aromatic carbocycles. The van der Waals surface area contributed by atoms with Crippen LogP contribution in [-0.2, 0) is 14.1 Å². The van der Waals surface area contributed by atoms with Crippen LogP contribution >= 0.6 is 0 Å². The topological polar surface area (TPSA) is 125 Å². The van der Waals surface area contributed by atoms with E-state index in [1.165, 1.54) is 10.9 Å². The summed E-state index contributed by atoms with van der Waals surface area (Å²) >= 11 is 0. The minimum absolute atomic E-state index is 0.213. The number of aryl methyl sites for hydroxylation is 4. The van der Waals surface area contributed by atoms with E-state index in [1.54, 1.807) is 35.7 Å². The van der Waals surface area contributed by atoms with Gasteiger partial charge in [0.15, 0.2) is 5.65 Å². The van der Waals surface area contributed by atoms with E-state index >= 15 is 0 Å². The van der Waals surface area contributed by atoms with E-state index in [0.717, 1.165) is 11.4 Å². The molecule has 0 spiro atoms. The zero-order chi connectivity index (χ0) is 25.6. The standard InChI is InChI=1S/C25H25N9O2/c1-14-11-18(21-15(2)31-34(23(21)28-14)17-9-7-6-8-10-17)24(35)30-20-13-27-33(5)22(20)25(36)29-19-12-26-32(4)16(19)3/h6-13H,1-5H3,(H,29,36)(H,30,35). The van der Waals surface area contributed by atoms with Gasteiger partial charge in [0, 0.05) is 19.8 Å². The first kappa shape index (κ1) is 23.0. The number of rotatable bonds is 5. The molecule has 0 aliphatic rings. The third-order valence-electron chi connectivity index (χ3n) is 6.07. The van der Waals surface area contributed by atoms with E-state index in [4.69, 9.17) is 0 Å². The Labute approximate surface area is 206 Å². The molecule has 5 aromatic rings. The van der Waals surface area contributed by atoms with Crippen molar-refractivity contribution in [1.82, 2.24) is 34.3 Å². The van der Waals surface area contributed by atoms with Crippen LogP contribution in [0.1, 0.15) is 37.9 Å². The van der Waals surface area contributed by atoms with Crippen molar-refractivity contribution < 1.29 is 9.59 Å². The fourth-order valence-corrected chi connectivity index (χ4v) is 4.13. The van der Waals surface area contributed by atoms with Crippen molar-refractivity contribution in [2.45, 2.75) is 20.8 Å². The molecule has 5 rings (SSSR count). The molecule has 0 atom stereocenters. The highest BCUT2D eigenvalue weighted by Crippen LogP contribution is 2.26. The summed E-state index contributed by atoms with van der Waals surface area (Å²) in [5.74, 6) is -0.800. The van der Waals surface area contributed by atoms with Crippen molar-refractivity contribution in [3.8, 4) is 5.69 Å². The highest BCUT2D eigenvalue weighted by Gasteiger charge is 2.24. The second-order valence-corrected chi connectivity index (χ2v) is 8.55. The van der Waals surface area contributed by atoms with Gasteiger partial charge in [-0.1, -0.05) is 18.2 Å². The number of para-hydroxylation sites is 1. The highest BCUT2D eigenvalue weighted by molar-refractivity contribution is 6.15. The lowest BCUT2D eigenvalue weighted by Crippen LogP contribution is -2.20. The smallest absolute Gasteiger partial charge is 0.276 e. The number of nitrogens with one attached hydrogen (secondary N) is 2. The third kappa shape index (κ3) is 3.90. The number of aromatic nitrogens is 7. The van der Waals surface area contributed by atoms with Gasteiger partial charge in [-0.3, -0.25) is 19.0 Å². The number of carbonyl (C=O) groups is 2. The normalized spacial score (nSPS) is 11.1. The molecule has 0 aliphatic heterocycles. The van der Waals surface area contributed by atoms with Gasteiger partial charge < -0.3 is 10.6 Å². The van der Waals surface area contributed by atoms with Gasteiger partial charge in [0.05, 0.1) is 51.8 Å². The van der Waals surface area contributed by atoms with Crippen LogP contribution in [0.3, 0.4) is 0 Å². The van der Waals surface area contributed by atoms with Crippen LogP contribution in [0, 0.1) is 20.8 Å². The maximum atomic E-state index is 13.5. The monoisotopic (exact) mass is 483 g/mol. The summed E-state index contributed by atoms with van der Waals surface area (Å²) in [5, 5.41) is 19.3. The van der Waals surface area contributed by atoms with Crippen LogP contribution in [0.25, 0.3) is 16.7 Å². The van der Waals surface area contributed by atoms with Gasteiger partial charge in [0.25, 0.3) is 11.8 Å². The first-order valence-electron chi connectivity index (χ1n) is 11.3. The van der Waals surface area contributed by atoms with Crippen LogP contribution in [0.4, 0.5) is 11.4 Å². The number of benzene rings is 1. The Kier molecular flexibility index (Phi) is 5.59. The van der Waals surface area contributed by atoms with Gasteiger partial charge in [0.1, 0.15) is 5.69 Å². The Morgan fingerprint density at radius 3 is 2.22 bits per heavy atom. The lowest BCUT2D eigenvalue weighted by atomic mass is 10.1. The average Bonchev–Trinajstić information content (AvgIpc) is 3.49. The zero-order valence-electron chi connectivity index (χ0n) is 20.6. The Bertz CT molecular complexity index is 1630. The Hall–Kier alpha value is -4.80. The number of hydrogen-bond acceptors (Lipinski definition) is 6. The SMILES string of the molecule is Cc1cc(C(=O)Nc2cnn(C)c2C(=O)Nc2cnn(C)c2C)c2c(C)nn(-c3ccccc3)c2n1. The number of carbonyl (C=O) groups excluding carboxylic acids is 2. The number of nitrogens with zero attached hydrogens (tertiary/aromatic N) is 7. The average molecular weight is 484 g/mol. The Morgan fingerprint density at radius 1 is 0.861 bits per heavy atom. The fourth-order valence-electron chi connectivity index (χ4n) is 4.13. The lowest BCUT2D eigenvalue weighted by molar-refractivity contribution is 0.101. The molecule has 0 fully saturated rings. The summed E-state index contributed by atoms with van der Waals surface area (Å²) in [4.78, 5) is 31.3. The molecule has 0 bridgehead atoms. The Balaban J connectivity index is 1.50. The van der Waals surface area contributed by atoms with Gasteiger partial charge in [-0.2, -0.15) is 15.3 Å². The minimum atomic E-state index is -0.412. The molecule has 4 heterocycles. The van der Waals surface area contributed by atoms with Crippen molar-refractivity contribution >= 4 is 34.2 Å². The van der Waals surface area contributed by atoms with Crippen molar-refractivity contribution in [2.24, 2.45) is 14.1 Å².